The number of rotatable bonds is 1. The minimum atomic E-state index is 0.638. The van der Waals surface area contributed by atoms with Crippen molar-refractivity contribution in [1.82, 2.24) is 20.0 Å². The van der Waals surface area contributed by atoms with Gasteiger partial charge in [-0.25, -0.2) is 0 Å². The first-order chi connectivity index (χ1) is 7.08. The van der Waals surface area contributed by atoms with Gasteiger partial charge in [0.15, 0.2) is 0 Å². The summed E-state index contributed by atoms with van der Waals surface area (Å²) < 4.78 is 1.64. The maximum Gasteiger partial charge on any atom is 0.121 e. The summed E-state index contributed by atoms with van der Waals surface area (Å²) in [5.74, 6) is 0.638. The molecule has 0 aromatic carbocycles. The lowest BCUT2D eigenvalue weighted by molar-refractivity contribution is 0.781. The van der Waals surface area contributed by atoms with Crippen LogP contribution in [0.15, 0.2) is 12.1 Å². The highest BCUT2D eigenvalue weighted by Crippen LogP contribution is 2.22. The molecule has 0 unspecified atom stereocenters. The molecular weight excluding hydrogens is 190 g/mol. The molecule has 0 amide bonds. The molecule has 0 radical (unpaired) electrons. The Bertz CT molecular complexity index is 481. The fraction of sp³-hybridized carbons (Fsp3) is 0.300. The Morgan fingerprint density at radius 2 is 1.93 bits per heavy atom. The molecule has 0 saturated carbocycles. The zero-order chi connectivity index (χ0) is 11.0. The standard InChI is InChI=1S/C10H13N5/c1-6-4-8(7(2)13-12-6)9-5-10(11)15(3)14-9/h4-5H,11H2,1-3H3. The molecule has 15 heavy (non-hydrogen) atoms. The fourth-order valence-corrected chi connectivity index (χ4v) is 1.42. The average Bonchev–Trinajstić information content (AvgIpc) is 2.51. The Hall–Kier alpha value is -1.91. The first kappa shape index (κ1) is 9.64. The first-order valence-electron chi connectivity index (χ1n) is 4.69. The molecule has 78 valence electrons. The van der Waals surface area contributed by atoms with Gasteiger partial charge in [0, 0.05) is 18.7 Å². The largest absolute Gasteiger partial charge is 0.384 e. The highest BCUT2D eigenvalue weighted by molar-refractivity contribution is 5.64. The molecule has 5 heteroatoms. The van der Waals surface area contributed by atoms with Gasteiger partial charge in [0.2, 0.25) is 0 Å². The van der Waals surface area contributed by atoms with Crippen LogP contribution >= 0.6 is 0 Å². The van der Waals surface area contributed by atoms with Crippen molar-refractivity contribution in [3.8, 4) is 11.3 Å². The van der Waals surface area contributed by atoms with Gasteiger partial charge in [-0.15, -0.1) is 0 Å². The molecule has 2 rings (SSSR count). The highest BCUT2D eigenvalue weighted by Gasteiger charge is 2.09. The number of hydrogen-bond donors (Lipinski definition) is 1. The highest BCUT2D eigenvalue weighted by atomic mass is 15.3. The van der Waals surface area contributed by atoms with Gasteiger partial charge in [0.25, 0.3) is 0 Å². The number of aromatic nitrogens is 4. The predicted molar refractivity (Wildman–Crippen MR) is 58.1 cm³/mol. The van der Waals surface area contributed by atoms with Gasteiger partial charge < -0.3 is 5.73 Å². The molecule has 0 atom stereocenters. The van der Waals surface area contributed by atoms with Crippen LogP contribution in [0, 0.1) is 13.8 Å². The molecule has 0 aliphatic heterocycles. The van der Waals surface area contributed by atoms with Gasteiger partial charge in [-0.2, -0.15) is 15.3 Å². The van der Waals surface area contributed by atoms with Gasteiger partial charge in [-0.05, 0) is 19.9 Å². The van der Waals surface area contributed by atoms with E-state index in [4.69, 9.17) is 5.73 Å². The lowest BCUT2D eigenvalue weighted by Gasteiger charge is -2.00. The van der Waals surface area contributed by atoms with E-state index in [9.17, 15) is 0 Å². The number of nitrogen functional groups attached to an aromatic ring is 1. The smallest absolute Gasteiger partial charge is 0.121 e. The van der Waals surface area contributed by atoms with E-state index >= 15 is 0 Å². The molecule has 2 heterocycles. The minimum absolute atomic E-state index is 0.638. The molecule has 0 aliphatic rings. The van der Waals surface area contributed by atoms with Crippen molar-refractivity contribution in [3.05, 3.63) is 23.5 Å². The van der Waals surface area contributed by atoms with Crippen molar-refractivity contribution in [1.29, 1.82) is 0 Å². The Morgan fingerprint density at radius 1 is 1.20 bits per heavy atom. The molecule has 5 nitrogen and oxygen atoms in total. The van der Waals surface area contributed by atoms with Crippen molar-refractivity contribution in [2.75, 3.05) is 5.73 Å². The third kappa shape index (κ3) is 1.68. The van der Waals surface area contributed by atoms with Gasteiger partial charge in [-0.3, -0.25) is 4.68 Å². The summed E-state index contributed by atoms with van der Waals surface area (Å²) in [6.07, 6.45) is 0. The molecule has 0 saturated heterocycles. The minimum Gasteiger partial charge on any atom is -0.384 e. The average molecular weight is 203 g/mol. The van der Waals surface area contributed by atoms with Crippen molar-refractivity contribution in [2.45, 2.75) is 13.8 Å². The van der Waals surface area contributed by atoms with Crippen LogP contribution in [0.3, 0.4) is 0 Å². The van der Waals surface area contributed by atoms with Crippen LogP contribution in [0.2, 0.25) is 0 Å². The van der Waals surface area contributed by atoms with Crippen LogP contribution in [0.5, 0.6) is 0 Å². The van der Waals surface area contributed by atoms with E-state index in [2.05, 4.69) is 15.3 Å². The van der Waals surface area contributed by atoms with Gasteiger partial charge >= 0.3 is 0 Å². The molecular formula is C10H13N5. The van der Waals surface area contributed by atoms with Gasteiger partial charge in [0.1, 0.15) is 5.82 Å². The number of nitrogens with zero attached hydrogens (tertiary/aromatic N) is 4. The van der Waals surface area contributed by atoms with E-state index in [1.165, 1.54) is 0 Å². The van der Waals surface area contributed by atoms with Gasteiger partial charge in [0.05, 0.1) is 17.1 Å². The topological polar surface area (TPSA) is 69.6 Å². The SMILES string of the molecule is Cc1cc(-c2cc(N)n(C)n2)c(C)nn1. The number of aryl methyl sites for hydroxylation is 3. The molecule has 2 aromatic rings. The first-order valence-corrected chi connectivity index (χ1v) is 4.69. The number of anilines is 1. The maximum atomic E-state index is 5.73. The maximum absolute atomic E-state index is 5.73. The molecule has 2 N–H and O–H groups in total. The lowest BCUT2D eigenvalue weighted by Crippen LogP contribution is -1.97. The lowest BCUT2D eigenvalue weighted by atomic mass is 10.1. The summed E-state index contributed by atoms with van der Waals surface area (Å²) in [5, 5.41) is 12.3. The summed E-state index contributed by atoms with van der Waals surface area (Å²) in [6.45, 7) is 3.81. The normalized spacial score (nSPS) is 10.6. The van der Waals surface area contributed by atoms with Crippen LogP contribution in [0.4, 0.5) is 5.82 Å². The van der Waals surface area contributed by atoms with Crippen LogP contribution < -0.4 is 5.73 Å². The van der Waals surface area contributed by atoms with Gasteiger partial charge in [-0.1, -0.05) is 0 Å². The fourth-order valence-electron chi connectivity index (χ4n) is 1.42. The van der Waals surface area contributed by atoms with Crippen molar-refractivity contribution in [3.63, 3.8) is 0 Å². The van der Waals surface area contributed by atoms with Crippen LogP contribution in [-0.2, 0) is 7.05 Å². The third-order valence-electron chi connectivity index (χ3n) is 2.29. The Kier molecular flexibility index (Phi) is 2.15. The summed E-state index contributed by atoms with van der Waals surface area (Å²) in [7, 11) is 1.82. The second-order valence-corrected chi connectivity index (χ2v) is 3.56. The molecule has 0 fully saturated rings. The van der Waals surface area contributed by atoms with Crippen molar-refractivity contribution >= 4 is 5.82 Å². The summed E-state index contributed by atoms with van der Waals surface area (Å²) in [5.41, 5.74) is 9.29. The molecule has 0 spiro atoms. The quantitative estimate of drug-likeness (QED) is 0.752. The van der Waals surface area contributed by atoms with E-state index < -0.39 is 0 Å². The van der Waals surface area contributed by atoms with Crippen LogP contribution in [0.25, 0.3) is 11.3 Å². The van der Waals surface area contributed by atoms with Crippen LogP contribution in [-0.4, -0.2) is 20.0 Å². The third-order valence-corrected chi connectivity index (χ3v) is 2.29. The Morgan fingerprint density at radius 3 is 2.53 bits per heavy atom. The molecule has 2 aromatic heterocycles. The summed E-state index contributed by atoms with van der Waals surface area (Å²) in [4.78, 5) is 0. The van der Waals surface area contributed by atoms with E-state index in [1.54, 1.807) is 4.68 Å². The summed E-state index contributed by atoms with van der Waals surface area (Å²) in [6, 6.07) is 3.80. The summed E-state index contributed by atoms with van der Waals surface area (Å²) >= 11 is 0. The molecule has 0 aliphatic carbocycles. The monoisotopic (exact) mass is 203 g/mol. The Balaban J connectivity index is 2.58. The second-order valence-electron chi connectivity index (χ2n) is 3.56. The zero-order valence-electron chi connectivity index (χ0n) is 9.02. The Labute approximate surface area is 87.9 Å². The number of hydrogen-bond acceptors (Lipinski definition) is 4. The second kappa shape index (κ2) is 3.34. The van der Waals surface area contributed by atoms with E-state index in [-0.39, 0.29) is 0 Å². The van der Waals surface area contributed by atoms with Crippen molar-refractivity contribution < 1.29 is 0 Å². The van der Waals surface area contributed by atoms with E-state index in [0.29, 0.717) is 5.82 Å². The predicted octanol–water partition coefficient (Wildman–Crippen LogP) is 1.08. The van der Waals surface area contributed by atoms with E-state index in [0.717, 1.165) is 22.6 Å². The zero-order valence-corrected chi connectivity index (χ0v) is 9.02. The van der Waals surface area contributed by atoms with E-state index in [1.807, 2.05) is 33.0 Å². The molecule has 0 bridgehead atoms. The number of nitrogens with two attached hydrogens (primary N) is 1. The van der Waals surface area contributed by atoms with Crippen LogP contribution in [0.1, 0.15) is 11.4 Å². The van der Waals surface area contributed by atoms with Crippen molar-refractivity contribution in [2.24, 2.45) is 7.05 Å².